The van der Waals surface area contributed by atoms with Crippen molar-refractivity contribution in [3.63, 3.8) is 0 Å². The molecule has 33 heavy (non-hydrogen) atoms. The van der Waals surface area contributed by atoms with E-state index < -0.39 is 38.7 Å². The van der Waals surface area contributed by atoms with Gasteiger partial charge in [0, 0.05) is 13.1 Å². The first-order valence-electron chi connectivity index (χ1n) is 9.96. The summed E-state index contributed by atoms with van der Waals surface area (Å²) in [4.78, 5) is 45.1. The van der Waals surface area contributed by atoms with Gasteiger partial charge in [-0.2, -0.15) is 4.98 Å². The Morgan fingerprint density at radius 2 is 2.24 bits per heavy atom. The minimum Gasteiger partial charge on any atom is -0.386 e. The molecule has 17 heteroatoms. The van der Waals surface area contributed by atoms with Crippen molar-refractivity contribution < 1.29 is 33.3 Å². The van der Waals surface area contributed by atoms with Crippen LogP contribution in [-0.2, 0) is 23.3 Å². The van der Waals surface area contributed by atoms with Crippen LogP contribution in [0.15, 0.2) is 9.95 Å². The van der Waals surface area contributed by atoms with E-state index in [-0.39, 0.29) is 40.5 Å². The van der Waals surface area contributed by atoms with Gasteiger partial charge in [-0.25, -0.2) is 4.98 Å². The highest BCUT2D eigenvalue weighted by atomic mass is 32.2. The van der Waals surface area contributed by atoms with Crippen molar-refractivity contribution in [3.05, 3.63) is 10.4 Å². The summed E-state index contributed by atoms with van der Waals surface area (Å²) in [5, 5.41) is 13.8. The number of hydrogen-bond donors (Lipinski definition) is 6. The van der Waals surface area contributed by atoms with Gasteiger partial charge in [-0.05, 0) is 0 Å². The summed E-state index contributed by atoms with van der Waals surface area (Å²) >= 11 is 1.02. The van der Waals surface area contributed by atoms with Crippen LogP contribution in [0.25, 0.3) is 11.2 Å². The first kappa shape index (κ1) is 24.3. The van der Waals surface area contributed by atoms with E-state index in [0.717, 1.165) is 11.8 Å². The second-order valence-electron chi connectivity index (χ2n) is 7.09. The van der Waals surface area contributed by atoms with Gasteiger partial charge in [0.2, 0.25) is 11.9 Å². The first-order valence-corrected chi connectivity index (χ1v) is 12.1. The smallest absolute Gasteiger partial charge is 0.330 e. The molecule has 2 saturated heterocycles. The van der Waals surface area contributed by atoms with Crippen molar-refractivity contribution in [3.8, 4) is 0 Å². The maximum atomic E-state index is 12.4. The number of thioether (sulfide) groups is 1. The van der Waals surface area contributed by atoms with Gasteiger partial charge in [-0.1, -0.05) is 11.8 Å². The lowest BCUT2D eigenvalue weighted by Crippen LogP contribution is -2.38. The Bertz CT molecular complexity index is 1050. The molecule has 5 atom stereocenters. The summed E-state index contributed by atoms with van der Waals surface area (Å²) < 4.78 is 22.9. The van der Waals surface area contributed by atoms with Crippen LogP contribution in [0.4, 0.5) is 5.95 Å². The second-order valence-corrected chi connectivity index (χ2v) is 8.97. The van der Waals surface area contributed by atoms with Crippen molar-refractivity contribution in [2.75, 3.05) is 44.4 Å². The van der Waals surface area contributed by atoms with Gasteiger partial charge >= 0.3 is 8.60 Å². The van der Waals surface area contributed by atoms with Gasteiger partial charge in [-0.15, -0.1) is 0 Å². The number of nitrogens with one attached hydrogen (secondary N) is 2. The van der Waals surface area contributed by atoms with E-state index in [0.29, 0.717) is 26.3 Å². The zero-order valence-corrected chi connectivity index (χ0v) is 19.0. The van der Waals surface area contributed by atoms with Crippen molar-refractivity contribution in [2.45, 2.75) is 29.7 Å². The fourth-order valence-electron chi connectivity index (χ4n) is 3.41. The molecule has 0 aromatic carbocycles. The van der Waals surface area contributed by atoms with Crippen LogP contribution in [0.2, 0.25) is 0 Å². The lowest BCUT2D eigenvalue weighted by Gasteiger charge is -2.27. The molecule has 2 aliphatic heterocycles. The largest absolute Gasteiger partial charge is 0.386 e. The minimum atomic E-state index is -2.14. The molecule has 2 unspecified atom stereocenters. The number of anilines is 1. The van der Waals surface area contributed by atoms with Gasteiger partial charge in [-0.3, -0.25) is 19.1 Å². The number of aromatic nitrogens is 4. The average Bonchev–Trinajstić information content (AvgIpc) is 3.29. The number of nitrogens with zero attached hydrogens (tertiary/aromatic N) is 3. The highest BCUT2D eigenvalue weighted by molar-refractivity contribution is 7.99. The Morgan fingerprint density at radius 3 is 3.03 bits per heavy atom. The lowest BCUT2D eigenvalue weighted by molar-refractivity contribution is -0.118. The summed E-state index contributed by atoms with van der Waals surface area (Å²) in [6.45, 7) is 1.44. The Kier molecular flexibility index (Phi) is 7.78. The standard InChI is InChI=1S/C16H24N7O8PS/c17-1-3-28-4-2-19-8(24)6-33-16-20-9-12(21-15(18)22-13(9)26)23(16)14-10(25)11-7(30-14)5-29-32(27)31-11/h7,10-11,14,25,27H,1-6,17H2,(H,19,24)(H3,18,21,22,26)/t7?,10-,11+,14+,32?/m0/s1. The zero-order chi connectivity index (χ0) is 23.5. The Balaban J connectivity index is 1.56. The van der Waals surface area contributed by atoms with Gasteiger partial charge < -0.3 is 45.3 Å². The zero-order valence-electron chi connectivity index (χ0n) is 17.2. The number of nitrogens with two attached hydrogens (primary N) is 2. The molecule has 8 N–H and O–H groups in total. The van der Waals surface area contributed by atoms with E-state index in [1.807, 2.05) is 0 Å². The molecule has 2 aliphatic rings. The predicted octanol–water partition coefficient (Wildman–Crippen LogP) is -2.22. The molecule has 182 valence electrons. The Labute approximate surface area is 192 Å². The Hall–Kier alpha value is -1.88. The van der Waals surface area contributed by atoms with E-state index in [1.165, 1.54) is 4.57 Å². The SMILES string of the molecule is NCCOCCNC(=O)CSc1nc2c(=O)[nH]c(N)nc2n1[C@@H]1OC2COP(O)O[C@H]2[C@@H]1O. The summed E-state index contributed by atoms with van der Waals surface area (Å²) in [5.74, 6) is -0.477. The quantitative estimate of drug-likeness (QED) is 0.121. The second kappa shape index (κ2) is 10.6. The van der Waals surface area contributed by atoms with E-state index in [4.69, 9.17) is 30.0 Å². The van der Waals surface area contributed by atoms with Crippen LogP contribution >= 0.6 is 20.4 Å². The molecule has 0 radical (unpaired) electrons. The van der Waals surface area contributed by atoms with Gasteiger partial charge in [0.05, 0.1) is 25.6 Å². The van der Waals surface area contributed by atoms with Gasteiger partial charge in [0.15, 0.2) is 22.5 Å². The van der Waals surface area contributed by atoms with Gasteiger partial charge in [0.25, 0.3) is 5.56 Å². The number of aromatic amines is 1. The van der Waals surface area contributed by atoms with E-state index in [1.54, 1.807) is 0 Å². The van der Waals surface area contributed by atoms with E-state index in [2.05, 4.69) is 20.3 Å². The summed E-state index contributed by atoms with van der Waals surface area (Å²) in [6.07, 6.45) is -3.82. The van der Waals surface area contributed by atoms with Crippen LogP contribution in [0.1, 0.15) is 6.23 Å². The van der Waals surface area contributed by atoms with Crippen molar-refractivity contribution in [1.29, 1.82) is 0 Å². The maximum Gasteiger partial charge on any atom is 0.330 e. The van der Waals surface area contributed by atoms with E-state index in [9.17, 15) is 19.6 Å². The number of ether oxygens (including phenoxy) is 2. The molecule has 2 aromatic rings. The third-order valence-corrected chi connectivity index (χ3v) is 6.57. The van der Waals surface area contributed by atoms with Crippen molar-refractivity contribution >= 4 is 43.4 Å². The number of nitrogen functional groups attached to an aromatic ring is 1. The van der Waals surface area contributed by atoms with Crippen LogP contribution < -0.4 is 22.3 Å². The normalized spacial score (nSPS) is 27.1. The topological polar surface area (TPSA) is 222 Å². The first-order chi connectivity index (χ1) is 15.9. The van der Waals surface area contributed by atoms with Gasteiger partial charge in [0.1, 0.15) is 18.3 Å². The summed E-state index contributed by atoms with van der Waals surface area (Å²) in [7, 11) is -2.14. The predicted molar refractivity (Wildman–Crippen MR) is 116 cm³/mol. The molecule has 2 aromatic heterocycles. The van der Waals surface area contributed by atoms with Crippen LogP contribution in [-0.4, -0.2) is 92.4 Å². The highest BCUT2D eigenvalue weighted by Gasteiger charge is 2.50. The van der Waals surface area contributed by atoms with E-state index >= 15 is 0 Å². The fraction of sp³-hybridized carbons (Fsp3) is 0.625. The highest BCUT2D eigenvalue weighted by Crippen LogP contribution is 2.47. The molecule has 0 spiro atoms. The minimum absolute atomic E-state index is 0.0142. The van der Waals surface area contributed by atoms with Crippen LogP contribution in [0.5, 0.6) is 0 Å². The molecule has 0 aliphatic carbocycles. The number of aliphatic hydroxyl groups is 1. The molecule has 15 nitrogen and oxygen atoms in total. The summed E-state index contributed by atoms with van der Waals surface area (Å²) in [5.41, 5.74) is 10.5. The van der Waals surface area contributed by atoms with Crippen LogP contribution in [0.3, 0.4) is 0 Å². The van der Waals surface area contributed by atoms with Crippen molar-refractivity contribution in [1.82, 2.24) is 24.8 Å². The third kappa shape index (κ3) is 5.29. The number of carbonyl (C=O) groups excluding carboxylic acids is 1. The number of imidazole rings is 1. The van der Waals surface area contributed by atoms with Crippen molar-refractivity contribution in [2.24, 2.45) is 5.73 Å². The molecule has 1 amide bonds. The lowest BCUT2D eigenvalue weighted by atomic mass is 10.1. The molecule has 0 saturated carbocycles. The fourth-order valence-corrected chi connectivity index (χ4v) is 5.06. The number of H-pyrrole nitrogens is 1. The summed E-state index contributed by atoms with van der Waals surface area (Å²) in [6, 6.07) is 0. The average molecular weight is 505 g/mol. The number of hydrogen-bond acceptors (Lipinski definition) is 13. The molecular formula is C16H24N7O8PS. The number of carbonyl (C=O) groups is 1. The third-order valence-electron chi connectivity index (χ3n) is 4.82. The monoisotopic (exact) mass is 505 g/mol. The number of aliphatic hydroxyl groups excluding tert-OH is 1. The number of amides is 1. The molecule has 2 fully saturated rings. The molecular weight excluding hydrogens is 481 g/mol. The number of fused-ring (bicyclic) bond motifs is 2. The Morgan fingerprint density at radius 1 is 1.42 bits per heavy atom. The molecule has 0 bridgehead atoms. The number of rotatable bonds is 9. The maximum absolute atomic E-state index is 12.4. The molecule has 4 heterocycles. The molecule has 4 rings (SSSR count). The van der Waals surface area contributed by atoms with Crippen LogP contribution in [0, 0.1) is 0 Å².